The van der Waals surface area contributed by atoms with E-state index < -0.39 is 57.0 Å². The smallest absolute Gasteiger partial charge is 0.386 e. The van der Waals surface area contributed by atoms with Crippen LogP contribution in [0, 0.1) is 5.92 Å². The quantitative estimate of drug-likeness (QED) is 0.636. The summed E-state index contributed by atoms with van der Waals surface area (Å²) in [6, 6.07) is 1.50. The molecule has 0 aromatic heterocycles. The maximum absolute atomic E-state index is 13.9. The number of aliphatic hydroxyl groups excluding tert-OH is 1. The van der Waals surface area contributed by atoms with E-state index in [1.165, 1.54) is 13.8 Å². The minimum Gasteiger partial charge on any atom is -0.386 e. The van der Waals surface area contributed by atoms with Crippen molar-refractivity contribution in [1.82, 2.24) is 0 Å². The number of carbonyl (C=O) groups is 1. The minimum absolute atomic E-state index is 0.309. The zero-order chi connectivity index (χ0) is 20.5. The topological polar surface area (TPSA) is 95.5 Å². The SMILES string of the molecule is CC(C)C(O)C(F)(F)C(=O)Nc1cc(C(F)(F)F)ccc1NS(C)(=O)=O. The molecular weight excluding hydrogens is 387 g/mol. The Labute approximate surface area is 146 Å². The predicted octanol–water partition coefficient (Wildman–Crippen LogP) is 2.67. The minimum atomic E-state index is -4.86. The predicted molar refractivity (Wildman–Crippen MR) is 84.3 cm³/mol. The van der Waals surface area contributed by atoms with Crippen LogP contribution < -0.4 is 10.0 Å². The fourth-order valence-corrected chi connectivity index (χ4v) is 2.45. The van der Waals surface area contributed by atoms with Crippen LogP contribution in [-0.2, 0) is 21.0 Å². The van der Waals surface area contributed by atoms with Crippen LogP contribution in [0.15, 0.2) is 18.2 Å². The number of nitrogens with one attached hydrogen (secondary N) is 2. The number of rotatable bonds is 6. The molecule has 0 heterocycles. The number of aliphatic hydroxyl groups is 1. The standard InChI is InChI=1S/C14H17F5N2O4S/c1-7(2)11(22)13(15,16)12(23)20-10-6-8(14(17,18)19)4-5-9(10)21-26(3,24)25/h4-7,11,21-22H,1-3H3,(H,20,23). The average Bonchev–Trinajstić information content (AvgIpc) is 2.45. The van der Waals surface area contributed by atoms with Crippen molar-refractivity contribution in [2.45, 2.75) is 32.1 Å². The summed E-state index contributed by atoms with van der Waals surface area (Å²) in [4.78, 5) is 11.8. The molecule has 1 unspecified atom stereocenters. The van der Waals surface area contributed by atoms with Gasteiger partial charge in [0.05, 0.1) is 23.2 Å². The molecule has 12 heteroatoms. The summed E-state index contributed by atoms with van der Waals surface area (Å²) in [7, 11) is -3.97. The van der Waals surface area contributed by atoms with E-state index in [0.717, 1.165) is 0 Å². The molecule has 1 aromatic carbocycles. The van der Waals surface area contributed by atoms with Crippen molar-refractivity contribution >= 4 is 27.3 Å². The van der Waals surface area contributed by atoms with E-state index in [2.05, 4.69) is 0 Å². The van der Waals surface area contributed by atoms with Gasteiger partial charge in [0, 0.05) is 0 Å². The summed E-state index contributed by atoms with van der Waals surface area (Å²) < 4.78 is 90.6. The summed E-state index contributed by atoms with van der Waals surface area (Å²) in [6.07, 6.45) is -6.56. The molecule has 148 valence electrons. The second-order valence-corrected chi connectivity index (χ2v) is 7.65. The highest BCUT2D eigenvalue weighted by Crippen LogP contribution is 2.35. The number of benzene rings is 1. The molecule has 0 saturated heterocycles. The molecule has 1 aromatic rings. The van der Waals surface area contributed by atoms with Crippen LogP contribution in [0.4, 0.5) is 33.3 Å². The first-order valence-corrected chi connectivity index (χ1v) is 9.01. The highest BCUT2D eigenvalue weighted by atomic mass is 32.2. The molecule has 0 aliphatic carbocycles. The molecule has 0 saturated carbocycles. The first-order valence-electron chi connectivity index (χ1n) is 7.12. The lowest BCUT2D eigenvalue weighted by atomic mass is 10.0. The Kier molecular flexibility index (Phi) is 6.24. The van der Waals surface area contributed by atoms with Gasteiger partial charge in [-0.2, -0.15) is 22.0 Å². The molecule has 6 nitrogen and oxygen atoms in total. The number of sulfonamides is 1. The summed E-state index contributed by atoms with van der Waals surface area (Å²) in [5.74, 6) is -7.41. The second-order valence-electron chi connectivity index (χ2n) is 5.90. The third-order valence-electron chi connectivity index (χ3n) is 3.20. The largest absolute Gasteiger partial charge is 0.416 e. The molecule has 0 aliphatic heterocycles. The molecule has 1 rings (SSSR count). The van der Waals surface area contributed by atoms with Crippen molar-refractivity contribution in [2.75, 3.05) is 16.3 Å². The van der Waals surface area contributed by atoms with Gasteiger partial charge in [0.25, 0.3) is 5.91 Å². The van der Waals surface area contributed by atoms with Gasteiger partial charge in [0.2, 0.25) is 10.0 Å². The van der Waals surface area contributed by atoms with Gasteiger partial charge in [-0.3, -0.25) is 9.52 Å². The fourth-order valence-electron chi connectivity index (χ4n) is 1.87. The van der Waals surface area contributed by atoms with Gasteiger partial charge in [0.1, 0.15) is 6.10 Å². The zero-order valence-corrected chi connectivity index (χ0v) is 14.7. The maximum atomic E-state index is 13.9. The van der Waals surface area contributed by atoms with E-state index in [9.17, 15) is 40.3 Å². The number of hydrogen-bond donors (Lipinski definition) is 3. The molecule has 1 atom stereocenters. The highest BCUT2D eigenvalue weighted by molar-refractivity contribution is 7.92. The third-order valence-corrected chi connectivity index (χ3v) is 3.79. The maximum Gasteiger partial charge on any atom is 0.416 e. The van der Waals surface area contributed by atoms with Crippen LogP contribution >= 0.6 is 0 Å². The lowest BCUT2D eigenvalue weighted by Crippen LogP contribution is -2.47. The Hall–Kier alpha value is -1.95. The van der Waals surface area contributed by atoms with Gasteiger partial charge >= 0.3 is 12.1 Å². The van der Waals surface area contributed by atoms with Gasteiger partial charge in [0.15, 0.2) is 0 Å². The Morgan fingerprint density at radius 1 is 1.12 bits per heavy atom. The van der Waals surface area contributed by atoms with Gasteiger partial charge in [-0.1, -0.05) is 13.8 Å². The first-order chi connectivity index (χ1) is 11.6. The molecular formula is C14H17F5N2O4S. The van der Waals surface area contributed by atoms with E-state index in [4.69, 9.17) is 0 Å². The lowest BCUT2D eigenvalue weighted by molar-refractivity contribution is -0.162. The summed E-state index contributed by atoms with van der Waals surface area (Å²) in [5, 5.41) is 11.0. The average molecular weight is 404 g/mol. The van der Waals surface area contributed by atoms with Gasteiger partial charge in [-0.25, -0.2) is 8.42 Å². The molecule has 1 amide bonds. The van der Waals surface area contributed by atoms with Crippen LogP contribution in [0.3, 0.4) is 0 Å². The Balaban J connectivity index is 3.33. The Morgan fingerprint density at radius 3 is 2.08 bits per heavy atom. The zero-order valence-electron chi connectivity index (χ0n) is 13.9. The normalized spacial score (nSPS) is 14.2. The van der Waals surface area contributed by atoms with Crippen molar-refractivity contribution in [3.63, 3.8) is 0 Å². The van der Waals surface area contributed by atoms with E-state index >= 15 is 0 Å². The van der Waals surface area contributed by atoms with E-state index in [1.54, 1.807) is 5.32 Å². The summed E-state index contributed by atoms with van der Waals surface area (Å²) in [6.45, 7) is 2.43. The van der Waals surface area contributed by atoms with E-state index in [-0.39, 0.29) is 0 Å². The molecule has 0 spiro atoms. The van der Waals surface area contributed by atoms with Crippen LogP contribution in [0.1, 0.15) is 19.4 Å². The Morgan fingerprint density at radius 2 is 1.65 bits per heavy atom. The third kappa shape index (κ3) is 5.53. The van der Waals surface area contributed by atoms with Gasteiger partial charge < -0.3 is 10.4 Å². The van der Waals surface area contributed by atoms with Crippen molar-refractivity contribution < 1.29 is 40.3 Å². The van der Waals surface area contributed by atoms with E-state index in [0.29, 0.717) is 24.5 Å². The highest BCUT2D eigenvalue weighted by Gasteiger charge is 2.48. The van der Waals surface area contributed by atoms with Crippen LogP contribution in [0.2, 0.25) is 0 Å². The van der Waals surface area contributed by atoms with Gasteiger partial charge in [-0.05, 0) is 24.1 Å². The van der Waals surface area contributed by atoms with Crippen molar-refractivity contribution in [1.29, 1.82) is 0 Å². The Bertz CT molecular complexity index is 778. The van der Waals surface area contributed by atoms with Crippen LogP contribution in [0.5, 0.6) is 0 Å². The molecule has 0 bridgehead atoms. The molecule has 0 fully saturated rings. The molecule has 3 N–H and O–H groups in total. The first kappa shape index (κ1) is 22.1. The van der Waals surface area contributed by atoms with Gasteiger partial charge in [-0.15, -0.1) is 0 Å². The number of anilines is 2. The number of alkyl halides is 5. The number of amides is 1. The van der Waals surface area contributed by atoms with Crippen molar-refractivity contribution in [3.8, 4) is 0 Å². The van der Waals surface area contributed by atoms with Crippen molar-refractivity contribution in [2.24, 2.45) is 5.92 Å². The monoisotopic (exact) mass is 404 g/mol. The van der Waals surface area contributed by atoms with Crippen LogP contribution in [-0.4, -0.2) is 37.7 Å². The second kappa shape index (κ2) is 7.35. The molecule has 0 aliphatic rings. The summed E-state index contributed by atoms with van der Waals surface area (Å²) >= 11 is 0. The summed E-state index contributed by atoms with van der Waals surface area (Å²) in [5.41, 5.74) is -2.66. The van der Waals surface area contributed by atoms with Crippen molar-refractivity contribution in [3.05, 3.63) is 23.8 Å². The molecule has 26 heavy (non-hydrogen) atoms. The molecule has 0 radical (unpaired) electrons. The fraction of sp³-hybridized carbons (Fsp3) is 0.500. The van der Waals surface area contributed by atoms with E-state index in [1.807, 2.05) is 4.72 Å². The number of hydrogen-bond acceptors (Lipinski definition) is 4. The number of carbonyl (C=O) groups excluding carboxylic acids is 1. The van der Waals surface area contributed by atoms with Crippen LogP contribution in [0.25, 0.3) is 0 Å². The lowest BCUT2D eigenvalue weighted by Gasteiger charge is -2.25. The number of halogens is 5.